The lowest BCUT2D eigenvalue weighted by Gasteiger charge is -2.37. The Bertz CT molecular complexity index is 2810. The third-order valence-corrected chi connectivity index (χ3v) is 13.9. The minimum absolute atomic E-state index is 0.0486. The molecule has 2 aliphatic rings. The van der Waals surface area contributed by atoms with E-state index < -0.39 is 16.1 Å². The molecule has 12 nitrogen and oxygen atoms in total. The van der Waals surface area contributed by atoms with E-state index in [4.69, 9.17) is 14.7 Å². The summed E-state index contributed by atoms with van der Waals surface area (Å²) in [6, 6.07) is 42.7. The molecule has 5 aromatic carbocycles. The first kappa shape index (κ1) is 42.8. The second-order valence-corrected chi connectivity index (χ2v) is 18.9. The summed E-state index contributed by atoms with van der Waals surface area (Å²) in [5.74, 6) is 1.93. The van der Waals surface area contributed by atoms with Crippen LogP contribution < -0.4 is 9.80 Å². The molecular weight excluding hydrogens is 821 g/mol. The van der Waals surface area contributed by atoms with Gasteiger partial charge in [0, 0.05) is 62.8 Å². The first-order valence-corrected chi connectivity index (χ1v) is 24.2. The normalized spacial score (nSPS) is 15.2. The molecule has 2 fully saturated rings. The highest BCUT2D eigenvalue weighted by Gasteiger charge is 2.33. The van der Waals surface area contributed by atoms with Gasteiger partial charge in [-0.3, -0.25) is 0 Å². The van der Waals surface area contributed by atoms with Gasteiger partial charge in [0.15, 0.2) is 0 Å². The third-order valence-electron chi connectivity index (χ3n) is 12.7. The number of ether oxygens (including phenoxy) is 1. The molecule has 0 bridgehead atoms. The topological polar surface area (TPSA) is 125 Å². The quantitative estimate of drug-likeness (QED) is 0.0976. The van der Waals surface area contributed by atoms with Crippen LogP contribution in [0.5, 0.6) is 0 Å². The Morgan fingerprint density at radius 2 is 1.08 bits per heavy atom. The zero-order valence-corrected chi connectivity index (χ0v) is 37.1. The van der Waals surface area contributed by atoms with Crippen molar-refractivity contribution >= 4 is 49.6 Å². The molecule has 4 heterocycles. The zero-order valence-electron chi connectivity index (χ0n) is 36.2. The van der Waals surface area contributed by atoms with Crippen LogP contribution >= 0.6 is 0 Å². The number of hydrogen-bond acceptors (Lipinski definition) is 10. The number of aromatic nitrogens is 4. The smallest absolute Gasteiger partial charge is 0.425 e. The van der Waals surface area contributed by atoms with Gasteiger partial charge < -0.3 is 14.5 Å². The number of hydrazine groups is 1. The molecule has 64 heavy (non-hydrogen) atoms. The molecule has 0 radical (unpaired) electrons. The van der Waals surface area contributed by atoms with E-state index in [1.807, 2.05) is 79.1 Å². The van der Waals surface area contributed by atoms with Crippen LogP contribution in [-0.2, 0) is 21.4 Å². The van der Waals surface area contributed by atoms with Gasteiger partial charge in [-0.25, -0.2) is 38.2 Å². The van der Waals surface area contributed by atoms with Crippen LogP contribution in [0.3, 0.4) is 0 Å². The first-order valence-electron chi connectivity index (χ1n) is 22.3. The van der Waals surface area contributed by atoms with Gasteiger partial charge in [0.05, 0.1) is 17.6 Å². The molecule has 2 aliphatic heterocycles. The number of nitrogens with zero attached hydrogens (tertiary/aromatic N) is 8. The van der Waals surface area contributed by atoms with E-state index >= 15 is 0 Å². The summed E-state index contributed by atoms with van der Waals surface area (Å²) < 4.78 is 34.2. The summed E-state index contributed by atoms with van der Waals surface area (Å²) in [5, 5.41) is 6.04. The molecule has 0 atom stereocenters. The van der Waals surface area contributed by atoms with E-state index in [-0.39, 0.29) is 31.5 Å². The highest BCUT2D eigenvalue weighted by Crippen LogP contribution is 2.30. The van der Waals surface area contributed by atoms with E-state index in [9.17, 15) is 13.2 Å². The fourth-order valence-corrected chi connectivity index (χ4v) is 9.96. The molecule has 0 spiro atoms. The predicted molar refractivity (Wildman–Crippen MR) is 254 cm³/mol. The maximum Gasteiger partial charge on any atom is 0.425 e. The highest BCUT2D eigenvalue weighted by molar-refractivity contribution is 7.88. The van der Waals surface area contributed by atoms with Crippen molar-refractivity contribution in [2.45, 2.75) is 45.1 Å². The fourth-order valence-electron chi connectivity index (χ4n) is 9.01. The van der Waals surface area contributed by atoms with Crippen LogP contribution in [0, 0.1) is 11.8 Å². The summed E-state index contributed by atoms with van der Waals surface area (Å²) in [7, 11) is -3.83. The molecule has 7 aromatic rings. The number of sulfonamides is 1. The fraction of sp³-hybridized carbons (Fsp3) is 0.314. The van der Waals surface area contributed by atoms with Crippen LogP contribution in [0.4, 0.5) is 16.7 Å². The Kier molecular flexibility index (Phi) is 13.1. The van der Waals surface area contributed by atoms with Crippen LogP contribution in [0.2, 0.25) is 0 Å². The van der Waals surface area contributed by atoms with Crippen molar-refractivity contribution in [1.82, 2.24) is 29.4 Å². The third kappa shape index (κ3) is 10.3. The molecule has 0 saturated carbocycles. The van der Waals surface area contributed by atoms with Gasteiger partial charge in [0.1, 0.15) is 6.61 Å². The summed E-state index contributed by atoms with van der Waals surface area (Å²) in [6.07, 6.45) is 8.83. The standard InChI is InChI=1S/C51H54N8O4S/c1-64(61,62)59(34-26-39-23-31-57(32-24-39)50-53-28-20-48(55-50)46-18-16-42-12-6-8-14-44(42)36-46)58(51(60)63-37-40-9-3-2-4-10-40)33-25-38-21-29-56(30-22-38)49-52-27-19-47(54-49)45-17-15-41-11-5-7-13-43(41)35-45/h2-20,27-28,35-36,38-39H,21-26,29-34,37H2,1H3. The lowest BCUT2D eigenvalue weighted by atomic mass is 9.93. The maximum atomic E-state index is 13.9. The molecule has 2 aromatic heterocycles. The van der Waals surface area contributed by atoms with Crippen molar-refractivity contribution in [2.75, 3.05) is 55.3 Å². The van der Waals surface area contributed by atoms with Gasteiger partial charge in [-0.2, -0.15) is 0 Å². The lowest BCUT2D eigenvalue weighted by Crippen LogP contribution is -2.51. The number of hydrogen-bond donors (Lipinski definition) is 0. The molecule has 13 heteroatoms. The Balaban J connectivity index is 0.826. The van der Waals surface area contributed by atoms with Crippen LogP contribution in [0.25, 0.3) is 44.1 Å². The second-order valence-electron chi connectivity index (χ2n) is 17.0. The Hall–Kier alpha value is -6.44. The average Bonchev–Trinajstić information content (AvgIpc) is 3.34. The number of benzene rings is 5. The van der Waals surface area contributed by atoms with Crippen LogP contribution in [-0.4, -0.2) is 89.4 Å². The van der Waals surface area contributed by atoms with Gasteiger partial charge in [-0.05, 0) is 102 Å². The van der Waals surface area contributed by atoms with Crippen molar-refractivity contribution in [1.29, 1.82) is 0 Å². The molecule has 0 aliphatic carbocycles. The van der Waals surface area contributed by atoms with Crippen molar-refractivity contribution in [2.24, 2.45) is 11.8 Å². The van der Waals surface area contributed by atoms with Gasteiger partial charge in [-0.1, -0.05) is 103 Å². The number of amides is 1. The average molecular weight is 875 g/mol. The molecule has 328 valence electrons. The highest BCUT2D eigenvalue weighted by atomic mass is 32.2. The Morgan fingerprint density at radius 1 is 0.609 bits per heavy atom. The van der Waals surface area contributed by atoms with Crippen molar-refractivity contribution in [3.05, 3.63) is 145 Å². The van der Waals surface area contributed by atoms with E-state index in [2.05, 4.69) is 80.4 Å². The number of piperidine rings is 2. The van der Waals surface area contributed by atoms with Gasteiger partial charge >= 0.3 is 6.09 Å². The molecule has 1 amide bonds. The van der Waals surface area contributed by atoms with Gasteiger partial charge in [0.25, 0.3) is 0 Å². The van der Waals surface area contributed by atoms with Gasteiger partial charge in [0.2, 0.25) is 21.9 Å². The molecule has 2 saturated heterocycles. The summed E-state index contributed by atoms with van der Waals surface area (Å²) >= 11 is 0. The van der Waals surface area contributed by atoms with Crippen molar-refractivity contribution in [3.8, 4) is 22.5 Å². The number of anilines is 2. The maximum absolute atomic E-state index is 13.9. The summed E-state index contributed by atoms with van der Waals surface area (Å²) in [5.41, 5.74) is 4.68. The largest absolute Gasteiger partial charge is 0.444 e. The Morgan fingerprint density at radius 3 is 1.58 bits per heavy atom. The molecular formula is C51H54N8O4S. The zero-order chi connectivity index (χ0) is 43.9. The van der Waals surface area contributed by atoms with E-state index in [1.165, 1.54) is 37.2 Å². The van der Waals surface area contributed by atoms with Gasteiger partial charge in [-0.15, -0.1) is 4.41 Å². The van der Waals surface area contributed by atoms with Crippen LogP contribution in [0.1, 0.15) is 44.1 Å². The van der Waals surface area contributed by atoms with E-state index in [0.717, 1.165) is 79.9 Å². The minimum atomic E-state index is -3.83. The molecule has 0 N–H and O–H groups in total. The first-order chi connectivity index (χ1) is 31.2. The summed E-state index contributed by atoms with van der Waals surface area (Å²) in [6.45, 7) is 3.49. The van der Waals surface area contributed by atoms with Crippen molar-refractivity contribution < 1.29 is 17.9 Å². The number of rotatable bonds is 14. The van der Waals surface area contributed by atoms with E-state index in [0.29, 0.717) is 24.7 Å². The lowest BCUT2D eigenvalue weighted by molar-refractivity contribution is 0.0211. The monoisotopic (exact) mass is 874 g/mol. The minimum Gasteiger partial charge on any atom is -0.444 e. The predicted octanol–water partition coefficient (Wildman–Crippen LogP) is 9.64. The number of fused-ring (bicyclic) bond motifs is 2. The SMILES string of the molecule is CS(=O)(=O)N(CCC1CCN(c2nccc(-c3ccc4ccccc4c3)n2)CC1)N(CCC1CCN(c2nccc(-c3ccc4ccccc4c3)n2)CC1)C(=O)OCc1ccccc1. The number of carbonyl (C=O) groups is 1. The summed E-state index contributed by atoms with van der Waals surface area (Å²) in [4.78, 5) is 37.5. The second kappa shape index (κ2) is 19.5. The number of carbonyl (C=O) groups excluding carboxylic acids is 1. The molecule has 9 rings (SSSR count). The van der Waals surface area contributed by atoms with Crippen LogP contribution in [0.15, 0.2) is 140 Å². The Labute approximate surface area is 375 Å². The van der Waals surface area contributed by atoms with E-state index in [1.54, 1.807) is 0 Å². The molecule has 0 unspecified atom stereocenters. The van der Waals surface area contributed by atoms with Crippen molar-refractivity contribution in [3.63, 3.8) is 0 Å².